The molecule has 0 bridgehead atoms. The van der Waals surface area contributed by atoms with Gasteiger partial charge in [0.05, 0.1) is 6.61 Å². The SMILES string of the molecule is O=C1N=CC([C@@H]2O[C@H](CO)[C@@H](O)[C@H]2O)(P(=O)(O)O)C(=O)N1. The summed E-state index contributed by atoms with van der Waals surface area (Å²) >= 11 is 0. The summed E-state index contributed by atoms with van der Waals surface area (Å²) in [6, 6.07) is -1.13. The van der Waals surface area contributed by atoms with Crippen molar-refractivity contribution in [1.29, 1.82) is 0 Å². The lowest BCUT2D eigenvalue weighted by molar-refractivity contribution is -0.126. The van der Waals surface area contributed by atoms with Gasteiger partial charge in [0.15, 0.2) is 0 Å². The lowest BCUT2D eigenvalue weighted by atomic mass is 9.94. The molecule has 2 aliphatic heterocycles. The van der Waals surface area contributed by atoms with Crippen LogP contribution in [0.2, 0.25) is 0 Å². The van der Waals surface area contributed by atoms with Gasteiger partial charge >= 0.3 is 13.6 Å². The second-order valence-corrected chi connectivity index (χ2v) is 6.47. The van der Waals surface area contributed by atoms with Crippen LogP contribution < -0.4 is 5.32 Å². The zero-order valence-corrected chi connectivity index (χ0v) is 11.3. The lowest BCUT2D eigenvalue weighted by Gasteiger charge is -2.36. The molecule has 0 radical (unpaired) electrons. The Morgan fingerprint density at radius 3 is 2.38 bits per heavy atom. The number of carbonyl (C=O) groups is 2. The third-order valence-electron chi connectivity index (χ3n) is 3.42. The summed E-state index contributed by atoms with van der Waals surface area (Å²) in [6.45, 7) is -0.746. The van der Waals surface area contributed by atoms with Crippen molar-refractivity contribution in [2.24, 2.45) is 4.99 Å². The minimum absolute atomic E-state index is 0.412. The Kier molecular flexibility index (Phi) is 4.02. The van der Waals surface area contributed by atoms with Crippen molar-refractivity contribution in [2.75, 3.05) is 6.61 Å². The Bertz CT molecular complexity index is 545. The molecule has 0 spiro atoms. The van der Waals surface area contributed by atoms with E-state index in [0.717, 1.165) is 0 Å². The molecule has 2 aliphatic rings. The van der Waals surface area contributed by atoms with Crippen LogP contribution in [0.25, 0.3) is 0 Å². The number of urea groups is 1. The number of hydrogen-bond donors (Lipinski definition) is 6. The van der Waals surface area contributed by atoms with E-state index in [1.165, 1.54) is 0 Å². The number of aliphatic hydroxyl groups excluding tert-OH is 3. The molecule has 11 nitrogen and oxygen atoms in total. The van der Waals surface area contributed by atoms with Gasteiger partial charge in [-0.2, -0.15) is 0 Å². The second-order valence-electron chi connectivity index (χ2n) is 4.65. The zero-order chi connectivity index (χ0) is 16.0. The van der Waals surface area contributed by atoms with Crippen LogP contribution in [0.4, 0.5) is 4.79 Å². The number of imide groups is 1. The third kappa shape index (κ3) is 2.32. The van der Waals surface area contributed by atoms with Crippen LogP contribution in [0.15, 0.2) is 4.99 Å². The molecule has 1 fully saturated rings. The molecular weight excluding hydrogens is 311 g/mol. The van der Waals surface area contributed by atoms with Gasteiger partial charge < -0.3 is 29.8 Å². The molecule has 1 saturated heterocycles. The molecule has 21 heavy (non-hydrogen) atoms. The van der Waals surface area contributed by atoms with Crippen molar-refractivity contribution in [2.45, 2.75) is 29.6 Å². The number of hydrogen-bond acceptors (Lipinski definition) is 7. The molecule has 3 amide bonds. The molecule has 0 aromatic rings. The van der Waals surface area contributed by atoms with Crippen LogP contribution in [0.3, 0.4) is 0 Å². The maximum absolute atomic E-state index is 12.0. The van der Waals surface area contributed by atoms with E-state index in [1.54, 1.807) is 5.32 Å². The van der Waals surface area contributed by atoms with Crippen molar-refractivity contribution in [3.8, 4) is 0 Å². The Morgan fingerprint density at radius 1 is 1.33 bits per heavy atom. The minimum Gasteiger partial charge on any atom is -0.394 e. The van der Waals surface area contributed by atoms with Crippen molar-refractivity contribution >= 4 is 25.7 Å². The molecule has 5 atom stereocenters. The standard InChI is InChI=1S/C9H13N2O9P/c12-1-3-4(13)5(14)6(20-3)9(21(17,18)19)2-10-8(16)11-7(9)15/h2-6,12-14H,1H2,(H,11,15,16)(H2,17,18,19)/t3-,4-,5-,6-,9?/m1/s1. The zero-order valence-electron chi connectivity index (χ0n) is 10.4. The number of nitrogens with zero attached hydrogens (tertiary/aromatic N) is 1. The fourth-order valence-electron chi connectivity index (χ4n) is 2.28. The average molecular weight is 324 g/mol. The predicted molar refractivity (Wildman–Crippen MR) is 64.6 cm³/mol. The van der Waals surface area contributed by atoms with E-state index in [2.05, 4.69) is 4.99 Å². The molecule has 12 heteroatoms. The molecule has 6 N–H and O–H groups in total. The normalized spacial score (nSPS) is 40.4. The van der Waals surface area contributed by atoms with E-state index in [4.69, 9.17) is 9.84 Å². The summed E-state index contributed by atoms with van der Waals surface area (Å²) in [5.74, 6) is -1.41. The topological polar surface area (TPSA) is 186 Å². The van der Waals surface area contributed by atoms with Gasteiger partial charge in [0.2, 0.25) is 5.16 Å². The van der Waals surface area contributed by atoms with E-state index in [0.29, 0.717) is 6.21 Å². The predicted octanol–water partition coefficient (Wildman–Crippen LogP) is -3.30. The van der Waals surface area contributed by atoms with Gasteiger partial charge in [-0.15, -0.1) is 0 Å². The largest absolute Gasteiger partial charge is 0.394 e. The van der Waals surface area contributed by atoms with E-state index in [-0.39, 0.29) is 0 Å². The Hall–Kier alpha value is -1.20. The summed E-state index contributed by atoms with van der Waals surface area (Å²) in [6.07, 6.45) is -6.35. The molecule has 0 aromatic carbocycles. The smallest absolute Gasteiger partial charge is 0.349 e. The van der Waals surface area contributed by atoms with Gasteiger partial charge in [0, 0.05) is 6.21 Å². The number of carbonyl (C=O) groups excluding carboxylic acids is 2. The van der Waals surface area contributed by atoms with Crippen molar-refractivity contribution in [1.82, 2.24) is 5.32 Å². The molecule has 0 saturated carbocycles. The van der Waals surface area contributed by atoms with E-state index in [9.17, 15) is 34.2 Å². The van der Waals surface area contributed by atoms with Gasteiger partial charge in [-0.1, -0.05) is 0 Å². The van der Waals surface area contributed by atoms with Crippen molar-refractivity contribution < 1.29 is 44.0 Å². The monoisotopic (exact) mass is 324 g/mol. The molecule has 0 aromatic heterocycles. The van der Waals surface area contributed by atoms with E-state index < -0.39 is 55.7 Å². The van der Waals surface area contributed by atoms with E-state index in [1.807, 2.05) is 0 Å². The summed E-state index contributed by atoms with van der Waals surface area (Å²) < 4.78 is 16.8. The first-order valence-electron chi connectivity index (χ1n) is 5.74. The maximum atomic E-state index is 12.0. The number of nitrogens with one attached hydrogen (secondary N) is 1. The fourth-order valence-corrected chi connectivity index (χ4v) is 3.36. The minimum atomic E-state index is -5.30. The molecule has 2 rings (SSSR count). The summed E-state index contributed by atoms with van der Waals surface area (Å²) in [5.41, 5.74) is 0. The maximum Gasteiger partial charge on any atom is 0.349 e. The average Bonchev–Trinajstić information content (AvgIpc) is 2.65. The third-order valence-corrected chi connectivity index (χ3v) is 4.96. The Morgan fingerprint density at radius 2 is 1.95 bits per heavy atom. The number of ether oxygens (including phenoxy) is 1. The lowest BCUT2D eigenvalue weighted by Crippen LogP contribution is -2.62. The van der Waals surface area contributed by atoms with Gasteiger partial charge in [-0.05, 0) is 0 Å². The van der Waals surface area contributed by atoms with Crippen LogP contribution >= 0.6 is 7.60 Å². The highest BCUT2D eigenvalue weighted by atomic mass is 31.2. The second kappa shape index (κ2) is 5.21. The van der Waals surface area contributed by atoms with Crippen molar-refractivity contribution in [3.63, 3.8) is 0 Å². The summed E-state index contributed by atoms with van der Waals surface area (Å²) in [5, 5.41) is 27.3. The Balaban J connectivity index is 2.53. The van der Waals surface area contributed by atoms with Gasteiger partial charge in [-0.25, -0.2) is 9.79 Å². The van der Waals surface area contributed by atoms with Gasteiger partial charge in [0.1, 0.15) is 24.4 Å². The van der Waals surface area contributed by atoms with Crippen molar-refractivity contribution in [3.05, 3.63) is 0 Å². The highest BCUT2D eigenvalue weighted by Gasteiger charge is 2.66. The van der Waals surface area contributed by atoms with Crippen LogP contribution in [0.5, 0.6) is 0 Å². The highest BCUT2D eigenvalue weighted by molar-refractivity contribution is 7.56. The molecule has 0 aliphatic carbocycles. The highest BCUT2D eigenvalue weighted by Crippen LogP contribution is 2.55. The quantitative estimate of drug-likeness (QED) is 0.289. The number of aliphatic hydroxyl groups is 3. The van der Waals surface area contributed by atoms with Gasteiger partial charge in [-0.3, -0.25) is 14.7 Å². The Labute approximate surface area is 117 Å². The van der Waals surface area contributed by atoms with Crippen LogP contribution in [0.1, 0.15) is 0 Å². The molecule has 1 unspecified atom stereocenters. The molecule has 2 heterocycles. The summed E-state index contributed by atoms with van der Waals surface area (Å²) in [7, 11) is -5.30. The van der Waals surface area contributed by atoms with Crippen LogP contribution in [-0.2, 0) is 14.1 Å². The first-order valence-corrected chi connectivity index (χ1v) is 7.35. The first-order chi connectivity index (χ1) is 9.65. The molecule has 118 valence electrons. The van der Waals surface area contributed by atoms with Gasteiger partial charge in [0.25, 0.3) is 5.91 Å². The number of amides is 3. The summed E-state index contributed by atoms with van der Waals surface area (Å²) in [4.78, 5) is 45.1. The first kappa shape index (κ1) is 16.2. The molecular formula is C9H13N2O9P. The van der Waals surface area contributed by atoms with Crippen LogP contribution in [0, 0.1) is 0 Å². The van der Waals surface area contributed by atoms with E-state index >= 15 is 0 Å². The number of aliphatic imine (C=N–C) groups is 1. The fraction of sp³-hybridized carbons (Fsp3) is 0.667. The number of rotatable bonds is 3. The van der Waals surface area contributed by atoms with Crippen LogP contribution in [-0.4, -0.2) is 79.4 Å².